The average molecular weight is 802 g/mol. The second-order valence-corrected chi connectivity index (χ2v) is 18.0. The molecule has 0 unspecified atom stereocenters. The Bertz CT molecular complexity index is 3400. The van der Waals surface area contributed by atoms with Crippen LogP contribution in [0, 0.1) is 0 Å². The molecule has 0 radical (unpaired) electrons. The lowest BCUT2D eigenvalue weighted by Crippen LogP contribution is -2.26. The second-order valence-electron chi connectivity index (χ2n) is 18.0. The van der Waals surface area contributed by atoms with Crippen LogP contribution in [0.1, 0.15) is 47.2 Å². The van der Waals surface area contributed by atoms with E-state index >= 15 is 0 Å². The molecular weight excluding hydrogens is 759 g/mol. The van der Waals surface area contributed by atoms with Crippen molar-refractivity contribution in [3.05, 3.63) is 258 Å². The van der Waals surface area contributed by atoms with Gasteiger partial charge in [-0.05, 0) is 142 Å². The Labute approximate surface area is 369 Å². The first kappa shape index (κ1) is 36.0. The molecule has 296 valence electrons. The van der Waals surface area contributed by atoms with Gasteiger partial charge in [0.05, 0.1) is 5.41 Å². The normalized spacial score (nSPS) is 14.1. The molecule has 0 heterocycles. The molecule has 0 fully saturated rings. The third-order valence-corrected chi connectivity index (χ3v) is 14.5. The fraction of sp³-hybridized carbons (Fsp3) is 0.0645. The van der Waals surface area contributed by atoms with Crippen molar-refractivity contribution in [2.24, 2.45) is 0 Å². The maximum absolute atomic E-state index is 2.49. The lowest BCUT2D eigenvalue weighted by Gasteiger charge is -2.32. The van der Waals surface area contributed by atoms with Crippen LogP contribution in [0.25, 0.3) is 66.4 Å². The highest BCUT2D eigenvalue weighted by molar-refractivity contribution is 6.05. The molecule has 0 aliphatic heterocycles. The number of rotatable bonds is 5. The summed E-state index contributed by atoms with van der Waals surface area (Å²) >= 11 is 0. The topological polar surface area (TPSA) is 3.24 Å². The maximum Gasteiger partial charge on any atom is 0.0726 e. The second kappa shape index (κ2) is 13.4. The molecule has 0 saturated heterocycles. The van der Waals surface area contributed by atoms with E-state index < -0.39 is 5.41 Å². The van der Waals surface area contributed by atoms with E-state index in [0.29, 0.717) is 0 Å². The zero-order valence-corrected chi connectivity index (χ0v) is 35.3. The van der Waals surface area contributed by atoms with Crippen LogP contribution in [-0.2, 0) is 10.8 Å². The summed E-state index contributed by atoms with van der Waals surface area (Å²) in [4.78, 5) is 2.45. The number of benzene rings is 10. The van der Waals surface area contributed by atoms with Gasteiger partial charge < -0.3 is 4.90 Å². The Hall–Kier alpha value is -7.74. The van der Waals surface area contributed by atoms with E-state index in [0.717, 1.165) is 17.1 Å². The molecule has 1 nitrogen and oxygen atoms in total. The molecule has 3 aliphatic rings. The van der Waals surface area contributed by atoms with E-state index in [2.05, 4.69) is 243 Å². The molecule has 1 heteroatoms. The van der Waals surface area contributed by atoms with Gasteiger partial charge in [0.15, 0.2) is 0 Å². The van der Waals surface area contributed by atoms with Crippen LogP contribution < -0.4 is 4.90 Å². The highest BCUT2D eigenvalue weighted by Gasteiger charge is 2.51. The SMILES string of the molecule is CC1(C)c2ccccc2-c2c(-c3ccc(N(c4ccc(-c5ccccc5)cc4)c4ccc5c(c4)C4(c6ccccc6-c6ccccc64)c4ccccc4-5)cc3)cc3ccccc3c21. The van der Waals surface area contributed by atoms with Gasteiger partial charge in [-0.25, -0.2) is 0 Å². The summed E-state index contributed by atoms with van der Waals surface area (Å²) in [7, 11) is 0. The van der Waals surface area contributed by atoms with Crippen LogP contribution in [0.15, 0.2) is 224 Å². The summed E-state index contributed by atoms with van der Waals surface area (Å²) in [6, 6.07) is 83.8. The van der Waals surface area contributed by atoms with Crippen LogP contribution >= 0.6 is 0 Å². The summed E-state index contributed by atoms with van der Waals surface area (Å²) in [5, 5.41) is 2.61. The summed E-state index contributed by atoms with van der Waals surface area (Å²) in [6.45, 7) is 4.78. The molecule has 0 aromatic heterocycles. The Morgan fingerprint density at radius 3 is 1.40 bits per heavy atom. The molecular formula is C62H43N. The summed E-state index contributed by atoms with van der Waals surface area (Å²) in [5.74, 6) is 0. The van der Waals surface area contributed by atoms with E-state index in [1.807, 2.05) is 0 Å². The molecule has 0 bridgehead atoms. The molecule has 13 rings (SSSR count). The van der Waals surface area contributed by atoms with E-state index in [9.17, 15) is 0 Å². The van der Waals surface area contributed by atoms with Gasteiger partial charge in [0, 0.05) is 22.5 Å². The van der Waals surface area contributed by atoms with Crippen LogP contribution in [-0.4, -0.2) is 0 Å². The van der Waals surface area contributed by atoms with Gasteiger partial charge in [-0.15, -0.1) is 0 Å². The zero-order valence-electron chi connectivity index (χ0n) is 35.3. The molecule has 0 saturated carbocycles. The van der Waals surface area contributed by atoms with Crippen molar-refractivity contribution in [3.63, 3.8) is 0 Å². The number of anilines is 3. The van der Waals surface area contributed by atoms with Gasteiger partial charge >= 0.3 is 0 Å². The predicted molar refractivity (Wildman–Crippen MR) is 263 cm³/mol. The average Bonchev–Trinajstić information content (AvgIpc) is 3.91. The van der Waals surface area contributed by atoms with Crippen molar-refractivity contribution < 1.29 is 0 Å². The van der Waals surface area contributed by atoms with Crippen molar-refractivity contribution >= 4 is 27.8 Å². The fourth-order valence-electron chi connectivity index (χ4n) is 11.8. The van der Waals surface area contributed by atoms with Crippen molar-refractivity contribution in [3.8, 4) is 55.6 Å². The number of fused-ring (bicyclic) bond motifs is 15. The standard InChI is InChI=1S/C62H43N/c1-61(2)54-24-12-11-23-52(54)59-53(38-43-18-6-7-19-47(43)60(59)61)42-30-34-45(35-31-42)63(44-32-28-41(29-33-44)40-16-4-3-5-17-40)46-36-37-51-50-22-10-15-27-57(50)62(58(51)39-46)55-25-13-8-20-48(55)49-21-9-14-26-56(49)62/h3-39H,1-2H3. The molecule has 0 N–H and O–H groups in total. The third-order valence-electron chi connectivity index (χ3n) is 14.5. The highest BCUT2D eigenvalue weighted by Crippen LogP contribution is 2.63. The lowest BCUT2D eigenvalue weighted by molar-refractivity contribution is 0.666. The van der Waals surface area contributed by atoms with Crippen LogP contribution in [0.5, 0.6) is 0 Å². The lowest BCUT2D eigenvalue weighted by atomic mass is 9.70. The Morgan fingerprint density at radius 1 is 0.317 bits per heavy atom. The minimum Gasteiger partial charge on any atom is -0.310 e. The molecule has 0 atom stereocenters. The number of nitrogens with zero attached hydrogens (tertiary/aromatic N) is 1. The van der Waals surface area contributed by atoms with Crippen LogP contribution in [0.3, 0.4) is 0 Å². The largest absolute Gasteiger partial charge is 0.310 e. The van der Waals surface area contributed by atoms with Crippen molar-refractivity contribution in [2.75, 3.05) is 4.90 Å². The first-order valence-electron chi connectivity index (χ1n) is 22.2. The smallest absolute Gasteiger partial charge is 0.0726 e. The number of hydrogen-bond acceptors (Lipinski definition) is 1. The zero-order chi connectivity index (χ0) is 41.9. The van der Waals surface area contributed by atoms with Crippen molar-refractivity contribution in [1.82, 2.24) is 0 Å². The third kappa shape index (κ3) is 4.99. The van der Waals surface area contributed by atoms with Gasteiger partial charge in [0.25, 0.3) is 0 Å². The van der Waals surface area contributed by atoms with Gasteiger partial charge in [-0.3, -0.25) is 0 Å². The van der Waals surface area contributed by atoms with E-state index in [-0.39, 0.29) is 5.41 Å². The number of hydrogen-bond donors (Lipinski definition) is 0. The summed E-state index contributed by atoms with van der Waals surface area (Å²) in [6.07, 6.45) is 0. The van der Waals surface area contributed by atoms with Crippen molar-refractivity contribution in [1.29, 1.82) is 0 Å². The predicted octanol–water partition coefficient (Wildman–Crippen LogP) is 16.3. The Morgan fingerprint density at radius 2 is 0.778 bits per heavy atom. The molecule has 10 aromatic carbocycles. The van der Waals surface area contributed by atoms with Crippen molar-refractivity contribution in [2.45, 2.75) is 24.7 Å². The first-order valence-corrected chi connectivity index (χ1v) is 22.2. The monoisotopic (exact) mass is 801 g/mol. The van der Waals surface area contributed by atoms with Crippen LogP contribution in [0.2, 0.25) is 0 Å². The molecule has 63 heavy (non-hydrogen) atoms. The van der Waals surface area contributed by atoms with Crippen LogP contribution in [0.4, 0.5) is 17.1 Å². The van der Waals surface area contributed by atoms with Gasteiger partial charge in [0.2, 0.25) is 0 Å². The highest BCUT2D eigenvalue weighted by atomic mass is 15.1. The minimum atomic E-state index is -0.428. The van der Waals surface area contributed by atoms with Gasteiger partial charge in [-0.2, -0.15) is 0 Å². The maximum atomic E-state index is 2.49. The van der Waals surface area contributed by atoms with E-state index in [1.54, 1.807) is 0 Å². The fourth-order valence-corrected chi connectivity index (χ4v) is 11.8. The minimum absolute atomic E-state index is 0.116. The van der Waals surface area contributed by atoms with E-state index in [4.69, 9.17) is 0 Å². The quantitative estimate of drug-likeness (QED) is 0.168. The molecule has 0 amide bonds. The molecule has 1 spiro atoms. The van der Waals surface area contributed by atoms with Gasteiger partial charge in [0.1, 0.15) is 0 Å². The summed E-state index contributed by atoms with van der Waals surface area (Å²) in [5.41, 5.74) is 23.8. The molecule has 3 aliphatic carbocycles. The van der Waals surface area contributed by atoms with Gasteiger partial charge in [-0.1, -0.05) is 196 Å². The molecule has 10 aromatic rings. The Kier molecular flexibility index (Phi) is 7.64. The van der Waals surface area contributed by atoms with E-state index in [1.165, 1.54) is 99.8 Å². The summed E-state index contributed by atoms with van der Waals surface area (Å²) < 4.78 is 0. The first-order chi connectivity index (χ1) is 31.0. The Balaban J connectivity index is 1.01.